The molecule has 20 heavy (non-hydrogen) atoms. The molecular weight excluding hydrogens is 246 g/mol. The summed E-state index contributed by atoms with van der Waals surface area (Å²) >= 11 is 0. The van der Waals surface area contributed by atoms with Gasteiger partial charge >= 0.3 is 0 Å². The van der Waals surface area contributed by atoms with Gasteiger partial charge in [-0.05, 0) is 31.0 Å². The number of rotatable bonds is 4. The number of para-hydroxylation sites is 1. The van der Waals surface area contributed by atoms with Crippen LogP contribution in [0, 0.1) is 6.92 Å². The molecular formula is C18H21NO. The van der Waals surface area contributed by atoms with Crippen molar-refractivity contribution < 1.29 is 4.74 Å². The Balaban J connectivity index is 1.64. The summed E-state index contributed by atoms with van der Waals surface area (Å²) < 4.78 is 5.81. The van der Waals surface area contributed by atoms with E-state index in [-0.39, 0.29) is 0 Å². The molecule has 0 radical (unpaired) electrons. The van der Waals surface area contributed by atoms with E-state index in [1.165, 1.54) is 16.7 Å². The third-order valence-electron chi connectivity index (χ3n) is 3.92. The molecule has 2 aromatic carbocycles. The van der Waals surface area contributed by atoms with Gasteiger partial charge in [0, 0.05) is 18.0 Å². The van der Waals surface area contributed by atoms with E-state index in [0.717, 1.165) is 31.7 Å². The molecule has 2 nitrogen and oxygen atoms in total. The van der Waals surface area contributed by atoms with Gasteiger partial charge in [-0.1, -0.05) is 48.5 Å². The largest absolute Gasteiger partial charge is 0.493 e. The Morgan fingerprint density at radius 2 is 1.95 bits per heavy atom. The highest BCUT2D eigenvalue weighted by Gasteiger charge is 2.21. The number of hydrogen-bond donors (Lipinski definition) is 1. The van der Waals surface area contributed by atoms with Gasteiger partial charge in [-0.25, -0.2) is 0 Å². The summed E-state index contributed by atoms with van der Waals surface area (Å²) in [7, 11) is 0. The topological polar surface area (TPSA) is 21.3 Å². The Morgan fingerprint density at radius 3 is 2.80 bits per heavy atom. The molecule has 1 aliphatic rings. The zero-order valence-electron chi connectivity index (χ0n) is 11.9. The molecule has 1 N–H and O–H groups in total. The average molecular weight is 267 g/mol. The molecule has 0 aromatic heterocycles. The minimum absolute atomic E-state index is 0.419. The fourth-order valence-electron chi connectivity index (χ4n) is 2.83. The van der Waals surface area contributed by atoms with Crippen molar-refractivity contribution in [2.75, 3.05) is 13.2 Å². The molecule has 104 valence electrons. The van der Waals surface area contributed by atoms with Crippen molar-refractivity contribution in [2.24, 2.45) is 0 Å². The second-order valence-corrected chi connectivity index (χ2v) is 5.37. The van der Waals surface area contributed by atoms with Crippen molar-refractivity contribution >= 4 is 0 Å². The number of benzene rings is 2. The molecule has 0 saturated heterocycles. The first-order valence-corrected chi connectivity index (χ1v) is 7.34. The van der Waals surface area contributed by atoms with Crippen molar-refractivity contribution in [3.05, 3.63) is 65.2 Å². The van der Waals surface area contributed by atoms with Gasteiger partial charge in [0.2, 0.25) is 0 Å². The molecule has 1 atom stereocenters. The SMILES string of the molecule is Cc1cccc2c1OCCC2NCCc1ccccc1. The fraction of sp³-hybridized carbons (Fsp3) is 0.333. The van der Waals surface area contributed by atoms with Gasteiger partial charge < -0.3 is 10.1 Å². The van der Waals surface area contributed by atoms with Crippen LogP contribution in [0.2, 0.25) is 0 Å². The van der Waals surface area contributed by atoms with E-state index >= 15 is 0 Å². The van der Waals surface area contributed by atoms with Gasteiger partial charge in [-0.15, -0.1) is 0 Å². The summed E-state index contributed by atoms with van der Waals surface area (Å²) in [5.41, 5.74) is 3.93. The summed E-state index contributed by atoms with van der Waals surface area (Å²) in [5, 5.41) is 3.67. The highest BCUT2D eigenvalue weighted by Crippen LogP contribution is 2.34. The average Bonchev–Trinajstić information content (AvgIpc) is 2.49. The second kappa shape index (κ2) is 6.10. The Kier molecular flexibility index (Phi) is 4.03. The zero-order valence-corrected chi connectivity index (χ0v) is 11.9. The zero-order chi connectivity index (χ0) is 13.8. The summed E-state index contributed by atoms with van der Waals surface area (Å²) in [6.07, 6.45) is 2.12. The lowest BCUT2D eigenvalue weighted by atomic mass is 9.98. The fourth-order valence-corrected chi connectivity index (χ4v) is 2.83. The van der Waals surface area contributed by atoms with Gasteiger partial charge in [0.15, 0.2) is 0 Å². The molecule has 0 bridgehead atoms. The number of aryl methyl sites for hydroxylation is 1. The van der Waals surface area contributed by atoms with Gasteiger partial charge in [0.25, 0.3) is 0 Å². The molecule has 1 unspecified atom stereocenters. The third kappa shape index (κ3) is 2.86. The van der Waals surface area contributed by atoms with Crippen molar-refractivity contribution in [1.29, 1.82) is 0 Å². The molecule has 0 aliphatic carbocycles. The lowest BCUT2D eigenvalue weighted by molar-refractivity contribution is 0.251. The van der Waals surface area contributed by atoms with Gasteiger partial charge in [0.1, 0.15) is 5.75 Å². The predicted octanol–water partition coefficient (Wildman–Crippen LogP) is 3.65. The van der Waals surface area contributed by atoms with Gasteiger partial charge in [0.05, 0.1) is 6.61 Å². The molecule has 0 saturated carbocycles. The molecule has 2 heteroatoms. The third-order valence-corrected chi connectivity index (χ3v) is 3.92. The van der Waals surface area contributed by atoms with Crippen LogP contribution in [0.5, 0.6) is 5.75 Å². The highest BCUT2D eigenvalue weighted by atomic mass is 16.5. The first-order valence-electron chi connectivity index (χ1n) is 7.34. The lowest BCUT2D eigenvalue weighted by Crippen LogP contribution is -2.29. The number of ether oxygens (including phenoxy) is 1. The second-order valence-electron chi connectivity index (χ2n) is 5.37. The van der Waals surface area contributed by atoms with Crippen LogP contribution in [-0.4, -0.2) is 13.2 Å². The molecule has 1 aliphatic heterocycles. The van der Waals surface area contributed by atoms with E-state index in [4.69, 9.17) is 4.74 Å². The number of nitrogens with one attached hydrogen (secondary N) is 1. The van der Waals surface area contributed by atoms with E-state index in [0.29, 0.717) is 6.04 Å². The number of hydrogen-bond acceptors (Lipinski definition) is 2. The van der Waals surface area contributed by atoms with Crippen LogP contribution in [-0.2, 0) is 6.42 Å². The minimum Gasteiger partial charge on any atom is -0.493 e. The van der Waals surface area contributed by atoms with Crippen LogP contribution in [0.25, 0.3) is 0 Å². The molecule has 2 aromatic rings. The summed E-state index contributed by atoms with van der Waals surface area (Å²) in [6, 6.07) is 17.5. The Labute approximate surface area is 120 Å². The van der Waals surface area contributed by atoms with Crippen LogP contribution in [0.15, 0.2) is 48.5 Å². The molecule has 0 fully saturated rings. The maximum Gasteiger partial charge on any atom is 0.126 e. The Bertz CT molecular complexity index is 565. The predicted molar refractivity (Wildman–Crippen MR) is 82.2 cm³/mol. The monoisotopic (exact) mass is 267 g/mol. The van der Waals surface area contributed by atoms with E-state index in [2.05, 4.69) is 60.8 Å². The first-order chi connectivity index (χ1) is 9.84. The van der Waals surface area contributed by atoms with Crippen molar-refractivity contribution in [3.63, 3.8) is 0 Å². The van der Waals surface area contributed by atoms with Crippen LogP contribution in [0.3, 0.4) is 0 Å². The summed E-state index contributed by atoms with van der Waals surface area (Å²) in [6.45, 7) is 3.92. The maximum atomic E-state index is 5.81. The van der Waals surface area contributed by atoms with Gasteiger partial charge in [-0.2, -0.15) is 0 Å². The normalized spacial score (nSPS) is 17.4. The lowest BCUT2D eigenvalue weighted by Gasteiger charge is -2.28. The van der Waals surface area contributed by atoms with E-state index in [1.54, 1.807) is 0 Å². The summed E-state index contributed by atoms with van der Waals surface area (Å²) in [5.74, 6) is 1.08. The molecule has 1 heterocycles. The minimum atomic E-state index is 0.419. The molecule has 0 amide bonds. The van der Waals surface area contributed by atoms with Crippen molar-refractivity contribution in [3.8, 4) is 5.75 Å². The standard InChI is InChI=1S/C18H21NO/c1-14-6-5-9-16-17(11-13-20-18(14)16)19-12-10-15-7-3-2-4-8-15/h2-9,17,19H,10-13H2,1H3. The van der Waals surface area contributed by atoms with Crippen LogP contribution in [0.4, 0.5) is 0 Å². The first kappa shape index (κ1) is 13.2. The molecule has 0 spiro atoms. The van der Waals surface area contributed by atoms with Crippen LogP contribution in [0.1, 0.15) is 29.2 Å². The van der Waals surface area contributed by atoms with Crippen molar-refractivity contribution in [1.82, 2.24) is 5.32 Å². The van der Waals surface area contributed by atoms with E-state index in [9.17, 15) is 0 Å². The van der Waals surface area contributed by atoms with Crippen LogP contribution >= 0.6 is 0 Å². The van der Waals surface area contributed by atoms with Crippen LogP contribution < -0.4 is 10.1 Å². The van der Waals surface area contributed by atoms with Gasteiger partial charge in [-0.3, -0.25) is 0 Å². The quantitative estimate of drug-likeness (QED) is 0.913. The Hall–Kier alpha value is -1.80. The van der Waals surface area contributed by atoms with Crippen molar-refractivity contribution in [2.45, 2.75) is 25.8 Å². The number of fused-ring (bicyclic) bond motifs is 1. The smallest absolute Gasteiger partial charge is 0.126 e. The molecule has 3 rings (SSSR count). The van der Waals surface area contributed by atoms with E-state index < -0.39 is 0 Å². The highest BCUT2D eigenvalue weighted by molar-refractivity contribution is 5.43. The summed E-state index contributed by atoms with van der Waals surface area (Å²) in [4.78, 5) is 0. The Morgan fingerprint density at radius 1 is 1.10 bits per heavy atom. The maximum absolute atomic E-state index is 5.81. The van der Waals surface area contributed by atoms with E-state index in [1.807, 2.05) is 0 Å².